The molecule has 1 aromatic rings. The van der Waals surface area contributed by atoms with Gasteiger partial charge in [-0.1, -0.05) is 0 Å². The number of ether oxygens (including phenoxy) is 1. The highest BCUT2D eigenvalue weighted by atomic mass is 16.5. The van der Waals surface area contributed by atoms with E-state index in [2.05, 4.69) is 23.0 Å². The molecule has 0 spiro atoms. The van der Waals surface area contributed by atoms with E-state index < -0.39 is 0 Å². The van der Waals surface area contributed by atoms with Gasteiger partial charge in [-0.2, -0.15) is 0 Å². The topological polar surface area (TPSA) is 51.4 Å². The lowest BCUT2D eigenvalue weighted by atomic mass is 10.0. The molecule has 0 saturated carbocycles. The van der Waals surface area contributed by atoms with Crippen molar-refractivity contribution in [3.8, 4) is 0 Å². The molecule has 0 aromatic carbocycles. The van der Waals surface area contributed by atoms with E-state index >= 15 is 0 Å². The van der Waals surface area contributed by atoms with Gasteiger partial charge in [-0.05, 0) is 30.9 Å². The minimum absolute atomic E-state index is 0.500. The van der Waals surface area contributed by atoms with Crippen LogP contribution in [-0.2, 0) is 11.3 Å². The van der Waals surface area contributed by atoms with Crippen molar-refractivity contribution >= 4 is 5.69 Å². The minimum atomic E-state index is 0.500. The summed E-state index contributed by atoms with van der Waals surface area (Å²) in [4.78, 5) is 6.56. The van der Waals surface area contributed by atoms with Crippen molar-refractivity contribution in [3.05, 3.63) is 24.0 Å². The Morgan fingerprint density at radius 2 is 2.41 bits per heavy atom. The molecule has 1 saturated heterocycles. The number of nitrogens with zero attached hydrogens (tertiary/aromatic N) is 2. The van der Waals surface area contributed by atoms with E-state index in [-0.39, 0.29) is 0 Å². The summed E-state index contributed by atoms with van der Waals surface area (Å²) in [6, 6.07) is 4.07. The second-order valence-corrected chi connectivity index (χ2v) is 4.68. The molecular weight excluding hydrogens is 214 g/mol. The molecule has 1 aliphatic heterocycles. The van der Waals surface area contributed by atoms with Gasteiger partial charge in [0.1, 0.15) is 0 Å². The van der Waals surface area contributed by atoms with Gasteiger partial charge in [0.2, 0.25) is 0 Å². The highest BCUT2D eigenvalue weighted by molar-refractivity contribution is 5.43. The van der Waals surface area contributed by atoms with E-state index in [9.17, 15) is 0 Å². The van der Waals surface area contributed by atoms with E-state index in [1.165, 1.54) is 12.8 Å². The normalized spacial score (nSPS) is 20.2. The van der Waals surface area contributed by atoms with Gasteiger partial charge in [0.25, 0.3) is 0 Å². The molecule has 0 aliphatic carbocycles. The summed E-state index contributed by atoms with van der Waals surface area (Å²) < 4.78 is 5.50. The van der Waals surface area contributed by atoms with Crippen molar-refractivity contribution in [2.45, 2.75) is 19.4 Å². The zero-order valence-corrected chi connectivity index (χ0v) is 10.4. The molecule has 0 bridgehead atoms. The lowest BCUT2D eigenvalue weighted by molar-refractivity contribution is 0.0576. The first kappa shape index (κ1) is 12.3. The van der Waals surface area contributed by atoms with Crippen LogP contribution in [0.25, 0.3) is 0 Å². The van der Waals surface area contributed by atoms with Gasteiger partial charge in [-0.3, -0.25) is 4.98 Å². The summed E-state index contributed by atoms with van der Waals surface area (Å²) >= 11 is 0. The molecule has 1 aliphatic rings. The average molecular weight is 235 g/mol. The number of hydrogen-bond donors (Lipinski definition) is 1. The third-order valence-corrected chi connectivity index (χ3v) is 3.25. The Kier molecular flexibility index (Phi) is 4.34. The zero-order valence-electron chi connectivity index (χ0n) is 10.4. The molecule has 17 heavy (non-hydrogen) atoms. The van der Waals surface area contributed by atoms with Gasteiger partial charge >= 0.3 is 0 Å². The fraction of sp³-hybridized carbons (Fsp3) is 0.615. The van der Waals surface area contributed by atoms with Gasteiger partial charge in [-0.25, -0.2) is 0 Å². The molecule has 4 nitrogen and oxygen atoms in total. The van der Waals surface area contributed by atoms with Crippen molar-refractivity contribution in [2.75, 3.05) is 31.7 Å². The van der Waals surface area contributed by atoms with Gasteiger partial charge in [0, 0.05) is 26.7 Å². The molecule has 0 radical (unpaired) electrons. The number of rotatable bonds is 4. The Labute approximate surface area is 103 Å². The first-order chi connectivity index (χ1) is 8.29. The second-order valence-electron chi connectivity index (χ2n) is 4.68. The molecule has 1 fully saturated rings. The van der Waals surface area contributed by atoms with Gasteiger partial charge in [0.05, 0.1) is 24.2 Å². The lowest BCUT2D eigenvalue weighted by Gasteiger charge is -2.28. The zero-order chi connectivity index (χ0) is 12.1. The molecule has 1 aromatic heterocycles. The third kappa shape index (κ3) is 3.41. The van der Waals surface area contributed by atoms with Crippen LogP contribution in [0.15, 0.2) is 18.3 Å². The summed E-state index contributed by atoms with van der Waals surface area (Å²) in [5.41, 5.74) is 7.61. The van der Waals surface area contributed by atoms with E-state index in [1.54, 1.807) is 0 Å². The number of anilines is 1. The van der Waals surface area contributed by atoms with E-state index in [0.717, 1.165) is 31.1 Å². The molecule has 1 unspecified atom stereocenters. The highest BCUT2D eigenvalue weighted by Crippen LogP contribution is 2.18. The van der Waals surface area contributed by atoms with Crippen molar-refractivity contribution in [2.24, 2.45) is 11.7 Å². The van der Waals surface area contributed by atoms with Crippen LogP contribution < -0.4 is 10.6 Å². The summed E-state index contributed by atoms with van der Waals surface area (Å²) in [7, 11) is 2.10. The summed E-state index contributed by atoms with van der Waals surface area (Å²) in [6.45, 7) is 3.34. The maximum absolute atomic E-state index is 5.53. The van der Waals surface area contributed by atoms with Crippen molar-refractivity contribution in [1.82, 2.24) is 4.98 Å². The summed E-state index contributed by atoms with van der Waals surface area (Å²) in [5.74, 6) is 0.642. The Bertz CT molecular complexity index is 333. The predicted octanol–water partition coefficient (Wildman–Crippen LogP) is 1.40. The Balaban J connectivity index is 1.91. The predicted molar refractivity (Wildman–Crippen MR) is 68.9 cm³/mol. The fourth-order valence-corrected chi connectivity index (χ4v) is 2.21. The maximum Gasteiger partial charge on any atom is 0.0550 e. The van der Waals surface area contributed by atoms with Crippen molar-refractivity contribution in [3.63, 3.8) is 0 Å². The van der Waals surface area contributed by atoms with Crippen LogP contribution in [0.5, 0.6) is 0 Å². The summed E-state index contributed by atoms with van der Waals surface area (Å²) in [6.07, 6.45) is 4.34. The van der Waals surface area contributed by atoms with Crippen molar-refractivity contribution in [1.29, 1.82) is 0 Å². The number of aromatic nitrogens is 1. The average Bonchev–Trinajstić information content (AvgIpc) is 2.40. The smallest absolute Gasteiger partial charge is 0.0550 e. The van der Waals surface area contributed by atoms with Crippen LogP contribution >= 0.6 is 0 Å². The van der Waals surface area contributed by atoms with Crippen molar-refractivity contribution < 1.29 is 4.74 Å². The van der Waals surface area contributed by atoms with Crippen LogP contribution in [0.3, 0.4) is 0 Å². The molecule has 0 amide bonds. The van der Waals surface area contributed by atoms with Crippen LogP contribution in [-0.4, -0.2) is 31.8 Å². The maximum atomic E-state index is 5.53. The monoisotopic (exact) mass is 235 g/mol. The fourth-order valence-electron chi connectivity index (χ4n) is 2.21. The largest absolute Gasteiger partial charge is 0.381 e. The van der Waals surface area contributed by atoms with Crippen LogP contribution in [0.1, 0.15) is 18.5 Å². The molecule has 4 heteroatoms. The molecular formula is C13H21N3O. The van der Waals surface area contributed by atoms with Crippen LogP contribution in [0, 0.1) is 5.92 Å². The van der Waals surface area contributed by atoms with E-state index in [1.807, 2.05) is 12.3 Å². The molecule has 1 atom stereocenters. The Hall–Kier alpha value is -1.13. The second kappa shape index (κ2) is 5.98. The quantitative estimate of drug-likeness (QED) is 0.857. The number of pyridine rings is 1. The molecule has 2 heterocycles. The van der Waals surface area contributed by atoms with Crippen LogP contribution in [0.2, 0.25) is 0 Å². The Morgan fingerprint density at radius 3 is 3.00 bits per heavy atom. The first-order valence-corrected chi connectivity index (χ1v) is 6.23. The minimum Gasteiger partial charge on any atom is -0.381 e. The molecule has 94 valence electrons. The Morgan fingerprint density at radius 1 is 1.53 bits per heavy atom. The van der Waals surface area contributed by atoms with Crippen LogP contribution in [0.4, 0.5) is 5.69 Å². The number of hydrogen-bond acceptors (Lipinski definition) is 4. The van der Waals surface area contributed by atoms with Gasteiger partial charge in [-0.15, -0.1) is 0 Å². The highest BCUT2D eigenvalue weighted by Gasteiger charge is 2.16. The standard InChI is InChI=1S/C13H21N3O/c1-16(9-11-3-2-6-17-10-11)13-5-4-12(7-14)15-8-13/h4-5,8,11H,2-3,6-7,9-10,14H2,1H3. The van der Waals surface area contributed by atoms with Gasteiger partial charge in [0.15, 0.2) is 0 Å². The molecule has 2 rings (SSSR count). The van der Waals surface area contributed by atoms with E-state index in [4.69, 9.17) is 10.5 Å². The number of nitrogens with two attached hydrogens (primary N) is 1. The first-order valence-electron chi connectivity index (χ1n) is 6.23. The molecule has 2 N–H and O–H groups in total. The lowest BCUT2D eigenvalue weighted by Crippen LogP contribution is -2.30. The SMILES string of the molecule is CN(CC1CCCOC1)c1ccc(CN)nc1. The third-order valence-electron chi connectivity index (χ3n) is 3.25. The van der Waals surface area contributed by atoms with Gasteiger partial charge < -0.3 is 15.4 Å². The van der Waals surface area contributed by atoms with E-state index in [0.29, 0.717) is 12.5 Å². The summed E-state index contributed by atoms with van der Waals surface area (Å²) in [5, 5.41) is 0.